The van der Waals surface area contributed by atoms with E-state index in [4.69, 9.17) is 4.74 Å². The largest absolute Gasteiger partial charge is 0.465 e. The molecule has 0 saturated carbocycles. The van der Waals surface area contributed by atoms with Crippen LogP contribution in [-0.2, 0) is 9.53 Å². The van der Waals surface area contributed by atoms with Gasteiger partial charge in [0.05, 0.1) is 38.7 Å². The summed E-state index contributed by atoms with van der Waals surface area (Å²) >= 11 is 1.39. The highest BCUT2D eigenvalue weighted by Gasteiger charge is 2.19. The highest BCUT2D eigenvalue weighted by molar-refractivity contribution is 7.20. The quantitative estimate of drug-likeness (QED) is 0.710. The van der Waals surface area contributed by atoms with Crippen LogP contribution < -0.4 is 10.2 Å². The molecule has 1 aromatic carbocycles. The van der Waals surface area contributed by atoms with E-state index in [1.807, 2.05) is 30.3 Å². The van der Waals surface area contributed by atoms with Crippen LogP contribution in [0, 0.1) is 0 Å². The fourth-order valence-corrected chi connectivity index (χ4v) is 3.64. The first-order valence-electron chi connectivity index (χ1n) is 8.50. The Hall–Kier alpha value is -2.18. The molecule has 5 nitrogen and oxygen atoms in total. The Balaban J connectivity index is 2.17. The maximum absolute atomic E-state index is 12.3. The van der Waals surface area contributed by atoms with Gasteiger partial charge < -0.3 is 15.0 Å². The predicted molar refractivity (Wildman–Crippen MR) is 101 cm³/mol. The molecule has 0 aliphatic rings. The van der Waals surface area contributed by atoms with Gasteiger partial charge in [0.2, 0.25) is 5.91 Å². The molecule has 134 valence electrons. The van der Waals surface area contributed by atoms with Gasteiger partial charge in [-0.15, -0.1) is 11.3 Å². The first-order valence-corrected chi connectivity index (χ1v) is 9.31. The van der Waals surface area contributed by atoms with Gasteiger partial charge in [0.1, 0.15) is 5.00 Å². The number of hydrogen-bond donors (Lipinski definition) is 2. The smallest absolute Gasteiger partial charge is 0.340 e. The van der Waals surface area contributed by atoms with Gasteiger partial charge in [-0.05, 0) is 25.5 Å². The molecule has 1 heterocycles. The molecule has 6 heteroatoms. The van der Waals surface area contributed by atoms with E-state index in [1.54, 1.807) is 6.07 Å². The lowest BCUT2D eigenvalue weighted by Gasteiger charge is -2.14. The third-order valence-corrected chi connectivity index (χ3v) is 5.25. The molecule has 0 unspecified atom stereocenters. The average molecular weight is 361 g/mol. The molecule has 2 aromatic rings. The van der Waals surface area contributed by atoms with Crippen LogP contribution in [-0.4, -0.2) is 38.6 Å². The number of anilines is 1. The van der Waals surface area contributed by atoms with Gasteiger partial charge in [-0.3, -0.25) is 4.79 Å². The molecule has 0 bridgehead atoms. The average Bonchev–Trinajstić information content (AvgIpc) is 3.06. The molecule has 1 aromatic heterocycles. The van der Waals surface area contributed by atoms with Crippen LogP contribution in [0.25, 0.3) is 10.4 Å². The molecule has 0 aliphatic heterocycles. The fraction of sp³-hybridized carbons (Fsp3) is 0.368. The number of thiophene rings is 1. The predicted octanol–water partition coefficient (Wildman–Crippen LogP) is 2.46. The Bertz CT molecular complexity index is 709. The first kappa shape index (κ1) is 19.1. The lowest BCUT2D eigenvalue weighted by molar-refractivity contribution is -0.895. The molecule has 1 amide bonds. The van der Waals surface area contributed by atoms with E-state index < -0.39 is 5.97 Å². The van der Waals surface area contributed by atoms with Crippen LogP contribution in [0.1, 0.15) is 30.6 Å². The number of ether oxygens (including phenoxy) is 1. The Kier molecular flexibility index (Phi) is 7.16. The highest BCUT2D eigenvalue weighted by Crippen LogP contribution is 2.35. The van der Waals surface area contributed by atoms with E-state index in [-0.39, 0.29) is 5.91 Å². The zero-order chi connectivity index (χ0) is 18.2. The molecule has 0 radical (unpaired) electrons. The summed E-state index contributed by atoms with van der Waals surface area (Å²) in [7, 11) is 1.34. The number of hydrogen-bond acceptors (Lipinski definition) is 4. The van der Waals surface area contributed by atoms with Crippen molar-refractivity contribution in [3.05, 3.63) is 42.0 Å². The number of quaternary nitrogens is 1. The van der Waals surface area contributed by atoms with E-state index in [0.717, 1.165) is 30.1 Å². The SMILES string of the molecule is CC[NH+](CC)CCC(=O)Nc1sc(-c2ccccc2)cc1C(=O)OC. The summed E-state index contributed by atoms with van der Waals surface area (Å²) in [5.41, 5.74) is 1.40. The minimum Gasteiger partial charge on any atom is -0.465 e. The van der Waals surface area contributed by atoms with E-state index in [0.29, 0.717) is 17.0 Å². The molecule has 2 rings (SSSR count). The van der Waals surface area contributed by atoms with Crippen LogP contribution in [0.3, 0.4) is 0 Å². The second-order valence-electron chi connectivity index (χ2n) is 5.72. The first-order chi connectivity index (χ1) is 12.1. The van der Waals surface area contributed by atoms with Crippen LogP contribution in [0.5, 0.6) is 0 Å². The summed E-state index contributed by atoms with van der Waals surface area (Å²) in [5, 5.41) is 3.43. The molecule has 2 N–H and O–H groups in total. The monoisotopic (exact) mass is 361 g/mol. The van der Waals surface area contributed by atoms with Gasteiger partial charge in [-0.25, -0.2) is 4.79 Å². The summed E-state index contributed by atoms with van der Waals surface area (Å²) in [5.74, 6) is -0.519. The van der Waals surface area contributed by atoms with Crippen molar-refractivity contribution in [2.45, 2.75) is 20.3 Å². The van der Waals surface area contributed by atoms with Crippen molar-refractivity contribution in [1.82, 2.24) is 0 Å². The maximum Gasteiger partial charge on any atom is 0.340 e. The van der Waals surface area contributed by atoms with Crippen LogP contribution in [0.15, 0.2) is 36.4 Å². The number of rotatable bonds is 8. The van der Waals surface area contributed by atoms with Crippen molar-refractivity contribution in [2.24, 2.45) is 0 Å². The van der Waals surface area contributed by atoms with Gasteiger partial charge in [-0.2, -0.15) is 0 Å². The summed E-state index contributed by atoms with van der Waals surface area (Å²) in [6.45, 7) is 6.99. The van der Waals surface area contributed by atoms with Crippen molar-refractivity contribution in [3.8, 4) is 10.4 Å². The molecule has 0 aliphatic carbocycles. The molecule has 0 fully saturated rings. The Morgan fingerprint density at radius 3 is 2.44 bits per heavy atom. The topological polar surface area (TPSA) is 59.8 Å². The summed E-state index contributed by atoms with van der Waals surface area (Å²) in [4.78, 5) is 26.6. The maximum atomic E-state index is 12.3. The van der Waals surface area contributed by atoms with Gasteiger partial charge in [0.15, 0.2) is 0 Å². The van der Waals surface area contributed by atoms with Gasteiger partial charge in [-0.1, -0.05) is 30.3 Å². The molecular formula is C19H25N2O3S+. The van der Waals surface area contributed by atoms with E-state index in [1.165, 1.54) is 23.3 Å². The van der Waals surface area contributed by atoms with Gasteiger partial charge in [0.25, 0.3) is 0 Å². The minimum absolute atomic E-state index is 0.0778. The standard InChI is InChI=1S/C19H24N2O3S/c1-4-21(5-2)12-11-17(22)20-18-15(19(23)24-3)13-16(25-18)14-9-7-6-8-10-14/h6-10,13H,4-5,11-12H2,1-3H3,(H,20,22)/p+1. The Morgan fingerprint density at radius 2 is 1.84 bits per heavy atom. The second kappa shape index (κ2) is 9.34. The number of benzene rings is 1. The van der Waals surface area contributed by atoms with E-state index >= 15 is 0 Å². The van der Waals surface area contributed by atoms with Crippen molar-refractivity contribution in [1.29, 1.82) is 0 Å². The van der Waals surface area contributed by atoms with Crippen LogP contribution >= 0.6 is 11.3 Å². The van der Waals surface area contributed by atoms with Gasteiger partial charge >= 0.3 is 5.97 Å². The normalized spacial score (nSPS) is 10.7. The van der Waals surface area contributed by atoms with Gasteiger partial charge in [0, 0.05) is 4.88 Å². The zero-order valence-electron chi connectivity index (χ0n) is 14.9. The van der Waals surface area contributed by atoms with Crippen molar-refractivity contribution >= 4 is 28.2 Å². The summed E-state index contributed by atoms with van der Waals surface area (Å²) in [6, 6.07) is 11.5. The zero-order valence-corrected chi connectivity index (χ0v) is 15.7. The van der Waals surface area contributed by atoms with E-state index in [2.05, 4.69) is 19.2 Å². The number of amides is 1. The summed E-state index contributed by atoms with van der Waals surface area (Å²) in [6.07, 6.45) is 0.427. The van der Waals surface area contributed by atoms with Crippen molar-refractivity contribution in [3.63, 3.8) is 0 Å². The molecule has 0 saturated heterocycles. The number of nitrogens with one attached hydrogen (secondary N) is 2. The number of carbonyl (C=O) groups is 2. The molecule has 0 spiro atoms. The molecule has 0 atom stereocenters. The van der Waals surface area contributed by atoms with Crippen LogP contribution in [0.4, 0.5) is 5.00 Å². The van der Waals surface area contributed by atoms with E-state index in [9.17, 15) is 9.59 Å². The lowest BCUT2D eigenvalue weighted by atomic mass is 10.1. The molecular weight excluding hydrogens is 336 g/mol. The summed E-state index contributed by atoms with van der Waals surface area (Å²) < 4.78 is 4.85. The minimum atomic E-state index is -0.442. The number of carbonyl (C=O) groups excluding carboxylic acids is 2. The number of methoxy groups -OCH3 is 1. The van der Waals surface area contributed by atoms with Crippen molar-refractivity contribution < 1.29 is 19.2 Å². The van der Waals surface area contributed by atoms with Crippen LogP contribution in [0.2, 0.25) is 0 Å². The third kappa shape index (κ3) is 5.14. The second-order valence-corrected chi connectivity index (χ2v) is 6.77. The lowest BCUT2D eigenvalue weighted by Crippen LogP contribution is -3.11. The highest BCUT2D eigenvalue weighted by atomic mass is 32.1. The molecule has 25 heavy (non-hydrogen) atoms. The third-order valence-electron chi connectivity index (χ3n) is 4.15. The number of esters is 1. The van der Waals surface area contributed by atoms with Crippen molar-refractivity contribution in [2.75, 3.05) is 32.1 Å². The Morgan fingerprint density at radius 1 is 1.16 bits per heavy atom. The fourth-order valence-electron chi connectivity index (χ4n) is 2.57. The Labute approximate surface area is 152 Å².